The van der Waals surface area contributed by atoms with E-state index in [4.69, 9.17) is 4.74 Å². The number of rotatable bonds is 9. The van der Waals surface area contributed by atoms with Crippen molar-refractivity contribution < 1.29 is 14.3 Å². The topological polar surface area (TPSA) is 35.5 Å². The molecule has 0 atom stereocenters. The molecule has 0 fully saturated rings. The highest BCUT2D eigenvalue weighted by atomic mass is 16.5. The van der Waals surface area contributed by atoms with Crippen LogP contribution in [-0.2, 0) is 14.3 Å². The van der Waals surface area contributed by atoms with Gasteiger partial charge in [0.2, 0.25) is 0 Å². The van der Waals surface area contributed by atoms with Crippen LogP contribution in [0, 0.1) is 11.8 Å². The monoisotopic (exact) mass is 274 g/mol. The third kappa shape index (κ3) is 26.9. The Morgan fingerprint density at radius 2 is 1.42 bits per heavy atom. The van der Waals surface area contributed by atoms with Crippen LogP contribution in [0.25, 0.3) is 0 Å². The van der Waals surface area contributed by atoms with Gasteiger partial charge in [-0.1, -0.05) is 41.0 Å². The van der Waals surface area contributed by atoms with Gasteiger partial charge in [-0.25, -0.2) is 0 Å². The molecule has 0 aliphatic carbocycles. The molecule has 3 nitrogen and oxygen atoms in total. The van der Waals surface area contributed by atoms with Gasteiger partial charge in [0.05, 0.1) is 6.61 Å². The van der Waals surface area contributed by atoms with Gasteiger partial charge in [0.15, 0.2) is 0 Å². The predicted molar refractivity (Wildman–Crippen MR) is 81.3 cm³/mol. The zero-order chi connectivity index (χ0) is 15.1. The second kappa shape index (κ2) is 15.5. The molecule has 0 N–H and O–H groups in total. The van der Waals surface area contributed by atoms with Gasteiger partial charge in [0, 0.05) is 20.1 Å². The van der Waals surface area contributed by atoms with E-state index in [0.29, 0.717) is 6.61 Å². The smallest absolute Gasteiger partial charge is 0.302 e. The lowest BCUT2D eigenvalue weighted by Gasteiger charge is -2.07. The summed E-state index contributed by atoms with van der Waals surface area (Å²) in [6.07, 6.45) is 4.43. The van der Waals surface area contributed by atoms with E-state index in [1.165, 1.54) is 19.8 Å². The van der Waals surface area contributed by atoms with Crippen molar-refractivity contribution in [2.24, 2.45) is 11.8 Å². The minimum absolute atomic E-state index is 0.182. The van der Waals surface area contributed by atoms with Crippen molar-refractivity contribution in [2.75, 3.05) is 19.8 Å². The van der Waals surface area contributed by atoms with Crippen molar-refractivity contribution >= 4 is 5.97 Å². The highest BCUT2D eigenvalue weighted by Crippen LogP contribution is 2.02. The highest BCUT2D eigenvalue weighted by Gasteiger charge is 1.95. The highest BCUT2D eigenvalue weighted by molar-refractivity contribution is 5.65. The summed E-state index contributed by atoms with van der Waals surface area (Å²) >= 11 is 0. The number of hydrogen-bond donors (Lipinski definition) is 0. The molecule has 19 heavy (non-hydrogen) atoms. The maximum Gasteiger partial charge on any atom is 0.302 e. The molecule has 0 spiro atoms. The average molecular weight is 274 g/mol. The number of carbonyl (C=O) groups excluding carboxylic acids is 1. The number of esters is 1. The Morgan fingerprint density at radius 3 is 1.74 bits per heavy atom. The van der Waals surface area contributed by atoms with Gasteiger partial charge in [-0.05, 0) is 31.1 Å². The van der Waals surface area contributed by atoms with E-state index in [0.717, 1.165) is 37.9 Å². The van der Waals surface area contributed by atoms with E-state index in [1.807, 2.05) is 0 Å². The van der Waals surface area contributed by atoms with E-state index in [-0.39, 0.29) is 5.97 Å². The number of carbonyl (C=O) groups is 1. The first kappa shape index (κ1) is 20.7. The van der Waals surface area contributed by atoms with E-state index in [9.17, 15) is 4.79 Å². The number of unbranched alkanes of at least 4 members (excludes halogenated alkanes) is 1. The van der Waals surface area contributed by atoms with Crippen molar-refractivity contribution in [3.05, 3.63) is 0 Å². The van der Waals surface area contributed by atoms with Gasteiger partial charge in [0.25, 0.3) is 0 Å². The van der Waals surface area contributed by atoms with Crippen LogP contribution >= 0.6 is 0 Å². The lowest BCUT2D eigenvalue weighted by atomic mass is 10.1. The zero-order valence-corrected chi connectivity index (χ0v) is 13.8. The van der Waals surface area contributed by atoms with Gasteiger partial charge in [-0.15, -0.1) is 0 Å². The summed E-state index contributed by atoms with van der Waals surface area (Å²) in [6.45, 7) is 14.8. The lowest BCUT2D eigenvalue weighted by molar-refractivity contribution is -0.141. The van der Waals surface area contributed by atoms with E-state index >= 15 is 0 Å². The molecular weight excluding hydrogens is 240 g/mol. The third-order valence-electron chi connectivity index (χ3n) is 2.48. The summed E-state index contributed by atoms with van der Waals surface area (Å²) < 4.78 is 10.1. The molecule has 0 aromatic rings. The molecule has 116 valence electrons. The number of hydrogen-bond acceptors (Lipinski definition) is 3. The van der Waals surface area contributed by atoms with Crippen LogP contribution in [0.1, 0.15) is 67.2 Å². The molecule has 0 aliphatic heterocycles. The van der Waals surface area contributed by atoms with Crippen LogP contribution in [0.2, 0.25) is 0 Å². The molecular formula is C16H34O3. The van der Waals surface area contributed by atoms with Crippen molar-refractivity contribution in [3.8, 4) is 0 Å². The normalized spacial score (nSPS) is 10.3. The number of ether oxygens (including phenoxy) is 2. The SMILES string of the molecule is CC(C)CCOCCC(C)C.CCCCOC(C)=O. The van der Waals surface area contributed by atoms with E-state index in [2.05, 4.69) is 39.4 Å². The van der Waals surface area contributed by atoms with Crippen LogP contribution in [-0.4, -0.2) is 25.8 Å². The Bertz CT molecular complexity index is 178. The molecule has 0 saturated carbocycles. The standard InChI is InChI=1S/C10H22O.C6H12O2/c1-9(2)5-7-11-8-6-10(3)4;1-3-4-5-8-6(2)7/h9-10H,5-8H2,1-4H3;3-5H2,1-2H3. The van der Waals surface area contributed by atoms with Crippen LogP contribution in [0.3, 0.4) is 0 Å². The molecule has 3 heteroatoms. The second-order valence-electron chi connectivity index (χ2n) is 5.67. The van der Waals surface area contributed by atoms with Crippen molar-refractivity contribution in [3.63, 3.8) is 0 Å². The summed E-state index contributed by atoms with van der Waals surface area (Å²) in [6, 6.07) is 0. The van der Waals surface area contributed by atoms with E-state index in [1.54, 1.807) is 0 Å². The first-order chi connectivity index (χ1) is 8.90. The minimum atomic E-state index is -0.182. The van der Waals surface area contributed by atoms with Gasteiger partial charge >= 0.3 is 5.97 Å². The van der Waals surface area contributed by atoms with E-state index < -0.39 is 0 Å². The molecule has 0 aliphatic rings. The van der Waals surface area contributed by atoms with Gasteiger partial charge in [-0.2, -0.15) is 0 Å². The summed E-state index contributed by atoms with van der Waals surface area (Å²) in [4.78, 5) is 10.1. The van der Waals surface area contributed by atoms with Crippen LogP contribution < -0.4 is 0 Å². The Hall–Kier alpha value is -0.570. The fourth-order valence-corrected chi connectivity index (χ4v) is 1.10. The predicted octanol–water partition coefficient (Wildman–Crippen LogP) is 4.44. The van der Waals surface area contributed by atoms with Gasteiger partial charge in [-0.3, -0.25) is 4.79 Å². The molecule has 0 radical (unpaired) electrons. The van der Waals surface area contributed by atoms with Crippen LogP contribution in [0.15, 0.2) is 0 Å². The van der Waals surface area contributed by atoms with Crippen molar-refractivity contribution in [2.45, 2.75) is 67.2 Å². The zero-order valence-electron chi connectivity index (χ0n) is 13.8. The van der Waals surface area contributed by atoms with Gasteiger partial charge < -0.3 is 9.47 Å². The van der Waals surface area contributed by atoms with Gasteiger partial charge in [0.1, 0.15) is 0 Å². The maximum atomic E-state index is 10.1. The average Bonchev–Trinajstić information content (AvgIpc) is 2.28. The Labute approximate surface area is 120 Å². The fraction of sp³-hybridized carbons (Fsp3) is 0.938. The maximum absolute atomic E-state index is 10.1. The summed E-state index contributed by atoms with van der Waals surface area (Å²) in [7, 11) is 0. The van der Waals surface area contributed by atoms with Crippen molar-refractivity contribution in [1.82, 2.24) is 0 Å². The molecule has 0 bridgehead atoms. The Morgan fingerprint density at radius 1 is 0.947 bits per heavy atom. The quantitative estimate of drug-likeness (QED) is 0.460. The van der Waals surface area contributed by atoms with Crippen LogP contribution in [0.5, 0.6) is 0 Å². The fourth-order valence-electron chi connectivity index (χ4n) is 1.10. The minimum Gasteiger partial charge on any atom is -0.466 e. The first-order valence-electron chi connectivity index (χ1n) is 7.61. The Balaban J connectivity index is 0. The summed E-state index contributed by atoms with van der Waals surface area (Å²) in [5.74, 6) is 1.36. The third-order valence-corrected chi connectivity index (χ3v) is 2.48. The molecule has 0 rings (SSSR count). The second-order valence-corrected chi connectivity index (χ2v) is 5.67. The molecule has 0 saturated heterocycles. The largest absolute Gasteiger partial charge is 0.466 e. The summed E-state index contributed by atoms with van der Waals surface area (Å²) in [5.41, 5.74) is 0. The molecule has 0 heterocycles. The van der Waals surface area contributed by atoms with Crippen LogP contribution in [0.4, 0.5) is 0 Å². The van der Waals surface area contributed by atoms with Crippen molar-refractivity contribution in [1.29, 1.82) is 0 Å². The molecule has 0 unspecified atom stereocenters. The summed E-state index contributed by atoms with van der Waals surface area (Å²) in [5, 5.41) is 0. The molecule has 0 aromatic heterocycles. The molecule has 0 aromatic carbocycles. The molecule has 0 amide bonds. The first-order valence-corrected chi connectivity index (χ1v) is 7.61. The lowest BCUT2D eigenvalue weighted by Crippen LogP contribution is -2.02. The Kier molecular flexibility index (Phi) is 16.9.